The quantitative estimate of drug-likeness (QED) is 0.415. The van der Waals surface area contributed by atoms with Crippen molar-refractivity contribution in [3.05, 3.63) is 65.7 Å². The van der Waals surface area contributed by atoms with Gasteiger partial charge in [-0.05, 0) is 36.2 Å². The molecular weight excluding hydrogens is 391 g/mol. The Hall–Kier alpha value is -2.55. The zero-order valence-corrected chi connectivity index (χ0v) is 16.1. The van der Waals surface area contributed by atoms with Crippen molar-refractivity contribution in [2.24, 2.45) is 4.99 Å². The predicted octanol–water partition coefficient (Wildman–Crippen LogP) is 3.23. The molecule has 2 rings (SSSR count). The summed E-state index contributed by atoms with van der Waals surface area (Å²) in [6, 6.07) is 13.1. The van der Waals surface area contributed by atoms with Gasteiger partial charge in [0.25, 0.3) is 0 Å². The van der Waals surface area contributed by atoms with Crippen molar-refractivity contribution in [1.82, 2.24) is 10.6 Å². The number of benzene rings is 2. The van der Waals surface area contributed by atoms with Crippen LogP contribution >= 0.6 is 0 Å². The smallest absolute Gasteiger partial charge is 0.356 e. The molecule has 0 aliphatic rings. The first-order chi connectivity index (χ1) is 13.2. The highest BCUT2D eigenvalue weighted by Gasteiger charge is 2.29. The predicted molar refractivity (Wildman–Crippen MR) is 103 cm³/mol. The van der Waals surface area contributed by atoms with Gasteiger partial charge < -0.3 is 10.6 Å². The fraction of sp³-hybridized carbons (Fsp3) is 0.316. The summed E-state index contributed by atoms with van der Waals surface area (Å²) < 4.78 is 62.1. The average Bonchev–Trinajstić information content (AvgIpc) is 2.68. The van der Waals surface area contributed by atoms with Crippen LogP contribution in [0, 0.1) is 0 Å². The summed E-state index contributed by atoms with van der Waals surface area (Å²) in [6.07, 6.45) is -3.97. The molecule has 2 N–H and O–H groups in total. The van der Waals surface area contributed by atoms with Crippen LogP contribution in [-0.4, -0.2) is 33.7 Å². The molecule has 152 valence electrons. The Balaban J connectivity index is 1.77. The number of rotatable bonds is 7. The number of alkyl halides is 3. The van der Waals surface area contributed by atoms with E-state index in [9.17, 15) is 21.6 Å². The molecule has 2 aromatic rings. The molecular formula is C19H22F3N3O2S. The van der Waals surface area contributed by atoms with Crippen molar-refractivity contribution in [3.63, 3.8) is 0 Å². The van der Waals surface area contributed by atoms with Crippen molar-refractivity contribution in [3.8, 4) is 0 Å². The van der Waals surface area contributed by atoms with E-state index in [-0.39, 0.29) is 5.75 Å². The van der Waals surface area contributed by atoms with E-state index in [1.807, 2.05) is 0 Å². The van der Waals surface area contributed by atoms with E-state index >= 15 is 0 Å². The van der Waals surface area contributed by atoms with Crippen LogP contribution in [-0.2, 0) is 22.6 Å². The minimum atomic E-state index is -4.36. The van der Waals surface area contributed by atoms with Crippen LogP contribution in [0.1, 0.15) is 17.5 Å². The van der Waals surface area contributed by atoms with Gasteiger partial charge in [-0.3, -0.25) is 4.99 Å². The van der Waals surface area contributed by atoms with Gasteiger partial charge in [0, 0.05) is 20.1 Å². The first kappa shape index (κ1) is 21.7. The van der Waals surface area contributed by atoms with Crippen molar-refractivity contribution in [1.29, 1.82) is 0 Å². The second-order valence-corrected chi connectivity index (χ2v) is 8.14. The fourth-order valence-corrected chi connectivity index (χ4v) is 3.76. The average molecular weight is 413 g/mol. The summed E-state index contributed by atoms with van der Waals surface area (Å²) in [5, 5.41) is 5.98. The number of nitrogens with one attached hydrogen (secondary N) is 2. The number of sulfone groups is 1. The van der Waals surface area contributed by atoms with Gasteiger partial charge in [-0.1, -0.05) is 30.3 Å². The Morgan fingerprint density at radius 1 is 1.00 bits per heavy atom. The highest BCUT2D eigenvalue weighted by Crippen LogP contribution is 2.29. The third-order valence-corrected chi connectivity index (χ3v) is 5.77. The van der Waals surface area contributed by atoms with Crippen LogP contribution in [0.3, 0.4) is 0 Å². The van der Waals surface area contributed by atoms with Crippen LogP contribution < -0.4 is 10.6 Å². The summed E-state index contributed by atoms with van der Waals surface area (Å²) in [4.78, 5) is 4.31. The fourth-order valence-electron chi connectivity index (χ4n) is 2.43. The molecule has 0 amide bonds. The maximum absolute atomic E-state index is 12.6. The van der Waals surface area contributed by atoms with Crippen LogP contribution in [0.5, 0.6) is 0 Å². The standard InChI is InChI=1S/C19H22F3N3O2S/c1-23-18(25-14-15-8-10-16(11-9-15)19(20,21)22)24-12-5-13-28(26,27)17-6-3-2-4-7-17/h2-4,6-11H,5,12-14H2,1H3,(H2,23,24,25). The molecule has 0 aromatic heterocycles. The van der Waals surface area contributed by atoms with Gasteiger partial charge in [0.1, 0.15) is 0 Å². The summed E-state index contributed by atoms with van der Waals surface area (Å²) in [5.74, 6) is 0.442. The third-order valence-electron chi connectivity index (χ3n) is 3.95. The lowest BCUT2D eigenvalue weighted by molar-refractivity contribution is -0.137. The zero-order valence-electron chi connectivity index (χ0n) is 15.3. The van der Waals surface area contributed by atoms with E-state index in [2.05, 4.69) is 15.6 Å². The molecule has 0 bridgehead atoms. The highest BCUT2D eigenvalue weighted by molar-refractivity contribution is 7.91. The summed E-state index contributed by atoms with van der Waals surface area (Å²) in [5.41, 5.74) is -0.0269. The highest BCUT2D eigenvalue weighted by atomic mass is 32.2. The number of hydrogen-bond donors (Lipinski definition) is 2. The Morgan fingerprint density at radius 2 is 1.64 bits per heavy atom. The van der Waals surface area contributed by atoms with Gasteiger partial charge in [0.2, 0.25) is 0 Å². The van der Waals surface area contributed by atoms with E-state index in [1.165, 1.54) is 12.1 Å². The zero-order chi connectivity index (χ0) is 20.6. The topological polar surface area (TPSA) is 70.6 Å². The largest absolute Gasteiger partial charge is 0.416 e. The molecule has 0 fully saturated rings. The van der Waals surface area contributed by atoms with Crippen molar-refractivity contribution in [2.75, 3.05) is 19.3 Å². The third kappa shape index (κ3) is 6.56. The number of guanidine groups is 1. The van der Waals surface area contributed by atoms with Crippen molar-refractivity contribution in [2.45, 2.75) is 24.0 Å². The van der Waals surface area contributed by atoms with E-state index in [1.54, 1.807) is 37.4 Å². The Bertz CT molecular complexity index is 881. The number of hydrogen-bond acceptors (Lipinski definition) is 3. The van der Waals surface area contributed by atoms with E-state index < -0.39 is 21.6 Å². The minimum absolute atomic E-state index is 0.0000872. The summed E-state index contributed by atoms with van der Waals surface area (Å²) in [7, 11) is -1.77. The lowest BCUT2D eigenvalue weighted by Crippen LogP contribution is -2.37. The Labute approximate surface area is 162 Å². The molecule has 0 unspecified atom stereocenters. The molecule has 0 aliphatic heterocycles. The molecule has 28 heavy (non-hydrogen) atoms. The van der Waals surface area contributed by atoms with E-state index in [4.69, 9.17) is 0 Å². The van der Waals surface area contributed by atoms with E-state index in [0.717, 1.165) is 12.1 Å². The molecule has 0 aliphatic carbocycles. The van der Waals surface area contributed by atoms with Crippen LogP contribution in [0.15, 0.2) is 64.5 Å². The second kappa shape index (κ2) is 9.59. The van der Waals surface area contributed by atoms with Gasteiger partial charge in [0.05, 0.1) is 16.2 Å². The maximum atomic E-state index is 12.6. The first-order valence-corrected chi connectivity index (χ1v) is 10.3. The van der Waals surface area contributed by atoms with Crippen molar-refractivity contribution < 1.29 is 21.6 Å². The number of nitrogens with zero attached hydrogens (tertiary/aromatic N) is 1. The van der Waals surface area contributed by atoms with Gasteiger partial charge >= 0.3 is 6.18 Å². The number of halogens is 3. The molecule has 0 spiro atoms. The van der Waals surface area contributed by atoms with Crippen molar-refractivity contribution >= 4 is 15.8 Å². The van der Waals surface area contributed by atoms with Gasteiger partial charge in [-0.25, -0.2) is 8.42 Å². The SMILES string of the molecule is CN=C(NCCCS(=O)(=O)c1ccccc1)NCc1ccc(C(F)(F)F)cc1. The van der Waals surface area contributed by atoms with Gasteiger partial charge in [0.15, 0.2) is 15.8 Å². The van der Waals surface area contributed by atoms with Crippen LogP contribution in [0.2, 0.25) is 0 Å². The molecule has 0 saturated heterocycles. The van der Waals surface area contributed by atoms with Crippen LogP contribution in [0.4, 0.5) is 13.2 Å². The normalized spacial score (nSPS) is 12.6. The first-order valence-electron chi connectivity index (χ1n) is 8.61. The molecule has 0 atom stereocenters. The molecule has 2 aromatic carbocycles. The lowest BCUT2D eigenvalue weighted by Gasteiger charge is -2.13. The van der Waals surface area contributed by atoms with Crippen LogP contribution in [0.25, 0.3) is 0 Å². The Morgan fingerprint density at radius 3 is 2.21 bits per heavy atom. The summed E-state index contributed by atoms with van der Waals surface area (Å²) >= 11 is 0. The van der Waals surface area contributed by atoms with Gasteiger partial charge in [-0.2, -0.15) is 13.2 Å². The molecule has 0 saturated carbocycles. The Kier molecular flexibility index (Phi) is 7.45. The second-order valence-electron chi connectivity index (χ2n) is 6.03. The van der Waals surface area contributed by atoms with Gasteiger partial charge in [-0.15, -0.1) is 0 Å². The molecule has 9 heteroatoms. The lowest BCUT2D eigenvalue weighted by atomic mass is 10.1. The number of aliphatic imine (C=N–C) groups is 1. The van der Waals surface area contributed by atoms with E-state index in [0.29, 0.717) is 35.9 Å². The maximum Gasteiger partial charge on any atom is 0.416 e. The molecule has 0 heterocycles. The molecule has 0 radical (unpaired) electrons. The minimum Gasteiger partial charge on any atom is -0.356 e. The molecule has 5 nitrogen and oxygen atoms in total. The summed E-state index contributed by atoms with van der Waals surface area (Å²) in [6.45, 7) is 0.679. The monoisotopic (exact) mass is 413 g/mol.